The normalized spacial score (nSPS) is 27.5. The van der Waals surface area contributed by atoms with Gasteiger partial charge in [-0.3, -0.25) is 14.4 Å². The van der Waals surface area contributed by atoms with Gasteiger partial charge in [-0.2, -0.15) is 0 Å². The van der Waals surface area contributed by atoms with Gasteiger partial charge in [0, 0.05) is 13.1 Å². The molecule has 2 aliphatic rings. The Morgan fingerprint density at radius 1 is 1.36 bits per heavy atom. The second-order valence-electron chi connectivity index (χ2n) is 6.05. The van der Waals surface area contributed by atoms with Crippen LogP contribution in [0.15, 0.2) is 0 Å². The van der Waals surface area contributed by atoms with Gasteiger partial charge in [0.05, 0.1) is 18.1 Å². The minimum absolute atomic E-state index is 0.0368. The molecule has 0 radical (unpaired) electrons. The van der Waals surface area contributed by atoms with Crippen LogP contribution in [-0.4, -0.2) is 65.5 Å². The molecule has 22 heavy (non-hydrogen) atoms. The number of nitrogens with one attached hydrogen (secondary N) is 2. The highest BCUT2D eigenvalue weighted by Crippen LogP contribution is 2.19. The average molecular weight is 312 g/mol. The number of likely N-dealkylation sites (tertiary alicyclic amines) is 1. The summed E-state index contributed by atoms with van der Waals surface area (Å²) in [6.45, 7) is 3.12. The van der Waals surface area contributed by atoms with Crippen molar-refractivity contribution in [3.8, 4) is 0 Å². The average Bonchev–Trinajstić information content (AvgIpc) is 3.13. The van der Waals surface area contributed by atoms with E-state index in [1.54, 1.807) is 4.90 Å². The van der Waals surface area contributed by atoms with Crippen LogP contribution >= 0.6 is 0 Å². The highest BCUT2D eigenvalue weighted by atomic mass is 16.3. The van der Waals surface area contributed by atoms with Gasteiger partial charge in [-0.15, -0.1) is 0 Å². The summed E-state index contributed by atoms with van der Waals surface area (Å²) >= 11 is 0. The van der Waals surface area contributed by atoms with Crippen molar-refractivity contribution in [3.05, 3.63) is 0 Å². The van der Waals surface area contributed by atoms with E-state index in [4.69, 9.17) is 5.73 Å². The molecular weight excluding hydrogens is 288 g/mol. The maximum absolute atomic E-state index is 12.3. The van der Waals surface area contributed by atoms with Gasteiger partial charge in [0.2, 0.25) is 17.7 Å². The first-order valence-electron chi connectivity index (χ1n) is 7.70. The molecular formula is C14H24N4O4. The van der Waals surface area contributed by atoms with Gasteiger partial charge in [0.25, 0.3) is 0 Å². The molecule has 2 aliphatic heterocycles. The van der Waals surface area contributed by atoms with Gasteiger partial charge >= 0.3 is 0 Å². The second kappa shape index (κ2) is 7.06. The number of nitrogens with zero attached hydrogens (tertiary/aromatic N) is 1. The predicted octanol–water partition coefficient (Wildman–Crippen LogP) is -2.06. The molecule has 1 unspecified atom stereocenters. The molecule has 2 saturated heterocycles. The lowest BCUT2D eigenvalue weighted by molar-refractivity contribution is -0.134. The van der Waals surface area contributed by atoms with Crippen molar-refractivity contribution < 1.29 is 19.5 Å². The third kappa shape index (κ3) is 3.75. The molecule has 124 valence electrons. The van der Waals surface area contributed by atoms with Crippen molar-refractivity contribution in [2.75, 3.05) is 19.6 Å². The Morgan fingerprint density at radius 3 is 2.64 bits per heavy atom. The minimum Gasteiger partial charge on any atom is -0.391 e. The maximum Gasteiger partial charge on any atom is 0.242 e. The lowest BCUT2D eigenvalue weighted by Gasteiger charge is -2.22. The van der Waals surface area contributed by atoms with E-state index in [2.05, 4.69) is 10.6 Å². The van der Waals surface area contributed by atoms with Crippen molar-refractivity contribution in [1.82, 2.24) is 15.5 Å². The Kier molecular flexibility index (Phi) is 5.36. The number of nitrogens with two attached hydrogens (primary N) is 1. The first-order chi connectivity index (χ1) is 10.4. The number of hydrogen-bond acceptors (Lipinski definition) is 5. The third-order valence-electron chi connectivity index (χ3n) is 4.32. The van der Waals surface area contributed by atoms with Crippen LogP contribution in [0.3, 0.4) is 0 Å². The molecule has 5 N–H and O–H groups in total. The summed E-state index contributed by atoms with van der Waals surface area (Å²) < 4.78 is 0. The molecule has 2 rings (SSSR count). The van der Waals surface area contributed by atoms with Gasteiger partial charge in [-0.05, 0) is 32.7 Å². The first kappa shape index (κ1) is 16.7. The molecule has 2 fully saturated rings. The number of hydrogen-bond donors (Lipinski definition) is 4. The second-order valence-corrected chi connectivity index (χ2v) is 6.05. The minimum atomic E-state index is -1.10. The van der Waals surface area contributed by atoms with Crippen molar-refractivity contribution in [2.24, 2.45) is 11.7 Å². The van der Waals surface area contributed by atoms with E-state index >= 15 is 0 Å². The summed E-state index contributed by atoms with van der Waals surface area (Å²) in [5, 5.41) is 15.1. The fourth-order valence-electron chi connectivity index (χ4n) is 2.99. The molecule has 0 spiro atoms. The number of rotatable bonds is 5. The van der Waals surface area contributed by atoms with Crippen molar-refractivity contribution in [2.45, 2.75) is 44.4 Å². The van der Waals surface area contributed by atoms with Gasteiger partial charge in [0.1, 0.15) is 6.04 Å². The Labute approximate surface area is 129 Å². The van der Waals surface area contributed by atoms with Crippen LogP contribution in [0.25, 0.3) is 0 Å². The monoisotopic (exact) mass is 312 g/mol. The van der Waals surface area contributed by atoms with Crippen molar-refractivity contribution in [1.29, 1.82) is 0 Å². The van der Waals surface area contributed by atoms with Gasteiger partial charge < -0.3 is 26.4 Å². The van der Waals surface area contributed by atoms with Gasteiger partial charge in [0.15, 0.2) is 0 Å². The van der Waals surface area contributed by atoms with Gasteiger partial charge in [-0.1, -0.05) is 0 Å². The highest BCUT2D eigenvalue weighted by Gasteiger charge is 2.36. The van der Waals surface area contributed by atoms with E-state index < -0.39 is 18.1 Å². The fourth-order valence-corrected chi connectivity index (χ4v) is 2.99. The molecule has 0 aromatic carbocycles. The lowest BCUT2D eigenvalue weighted by atomic mass is 10.1. The van der Waals surface area contributed by atoms with Crippen LogP contribution < -0.4 is 16.4 Å². The molecule has 0 bridgehead atoms. The van der Waals surface area contributed by atoms with Crippen molar-refractivity contribution >= 4 is 17.7 Å². The van der Waals surface area contributed by atoms with Gasteiger partial charge in [-0.25, -0.2) is 0 Å². The van der Waals surface area contributed by atoms with E-state index in [1.165, 1.54) is 6.92 Å². The largest absolute Gasteiger partial charge is 0.391 e. The SMILES string of the molecule is C[C@@H](O)[C@H](NC(=O)C1CCN(C(=O)[C@@H]2CCCN2)C1)C(N)=O. The van der Waals surface area contributed by atoms with E-state index in [0.29, 0.717) is 19.5 Å². The molecule has 0 aliphatic carbocycles. The predicted molar refractivity (Wildman–Crippen MR) is 78.5 cm³/mol. The van der Waals surface area contributed by atoms with Crippen LogP contribution in [-0.2, 0) is 14.4 Å². The van der Waals surface area contributed by atoms with Crippen LogP contribution in [0.2, 0.25) is 0 Å². The zero-order valence-electron chi connectivity index (χ0n) is 12.7. The summed E-state index contributed by atoms with van der Waals surface area (Å²) in [4.78, 5) is 37.3. The van der Waals surface area contributed by atoms with Crippen LogP contribution in [0, 0.1) is 5.92 Å². The summed E-state index contributed by atoms with van der Waals surface area (Å²) in [7, 11) is 0. The quantitative estimate of drug-likeness (QED) is 0.464. The number of carbonyl (C=O) groups excluding carboxylic acids is 3. The number of primary amides is 1. The third-order valence-corrected chi connectivity index (χ3v) is 4.32. The summed E-state index contributed by atoms with van der Waals surface area (Å²) in [5.74, 6) is -1.45. The lowest BCUT2D eigenvalue weighted by Crippen LogP contribution is -2.52. The standard InChI is InChI=1S/C14H24N4O4/c1-8(19)11(12(15)20)17-13(21)9-4-6-18(7-9)14(22)10-3-2-5-16-10/h8-11,16,19H,2-7H2,1H3,(H2,15,20)(H,17,21)/t8-,9?,10+,11+/m1/s1. The summed E-state index contributed by atoms with van der Waals surface area (Å²) in [6.07, 6.45) is 1.32. The zero-order chi connectivity index (χ0) is 16.3. The Morgan fingerprint density at radius 2 is 2.09 bits per heavy atom. The number of aliphatic hydroxyl groups is 1. The molecule has 4 atom stereocenters. The smallest absolute Gasteiger partial charge is 0.242 e. The molecule has 3 amide bonds. The number of amides is 3. The number of aliphatic hydroxyl groups excluding tert-OH is 1. The molecule has 0 saturated carbocycles. The zero-order valence-corrected chi connectivity index (χ0v) is 12.7. The Hall–Kier alpha value is -1.67. The topological polar surface area (TPSA) is 125 Å². The van der Waals surface area contributed by atoms with Crippen LogP contribution in [0.4, 0.5) is 0 Å². The molecule has 0 aromatic heterocycles. The number of carbonyl (C=O) groups is 3. The molecule has 8 heteroatoms. The fraction of sp³-hybridized carbons (Fsp3) is 0.786. The van der Waals surface area contributed by atoms with Crippen molar-refractivity contribution in [3.63, 3.8) is 0 Å². The van der Waals surface area contributed by atoms with E-state index in [-0.39, 0.29) is 23.8 Å². The molecule has 2 heterocycles. The molecule has 8 nitrogen and oxygen atoms in total. The Balaban J connectivity index is 1.87. The van der Waals surface area contributed by atoms with E-state index in [1.807, 2.05) is 0 Å². The van der Waals surface area contributed by atoms with Crippen LogP contribution in [0.5, 0.6) is 0 Å². The molecule has 0 aromatic rings. The van der Waals surface area contributed by atoms with E-state index in [0.717, 1.165) is 19.4 Å². The highest BCUT2D eigenvalue weighted by molar-refractivity contribution is 5.89. The van der Waals surface area contributed by atoms with E-state index in [9.17, 15) is 19.5 Å². The Bertz CT molecular complexity index is 448. The summed E-state index contributed by atoms with van der Waals surface area (Å²) in [6, 6.07) is -1.24. The summed E-state index contributed by atoms with van der Waals surface area (Å²) in [5.41, 5.74) is 5.16. The maximum atomic E-state index is 12.3. The van der Waals surface area contributed by atoms with Crippen LogP contribution in [0.1, 0.15) is 26.2 Å². The first-order valence-corrected chi connectivity index (χ1v) is 7.70.